The normalized spacial score (nSPS) is 10.8. The van der Waals surface area contributed by atoms with Gasteiger partial charge in [-0.25, -0.2) is 4.98 Å². The molecule has 124 valence electrons. The number of ether oxygens (including phenoxy) is 1. The molecule has 0 spiro atoms. The number of hydrogen-bond acceptors (Lipinski definition) is 5. The largest absolute Gasteiger partial charge is 0.495 e. The average Bonchev–Trinajstić information content (AvgIpc) is 2.89. The van der Waals surface area contributed by atoms with Crippen molar-refractivity contribution in [2.45, 2.75) is 13.8 Å². The fourth-order valence-corrected chi connectivity index (χ4v) is 3.56. The SMILES string of the molecule is COc1ccc(C)cc1NC(=O)c1sc2ncn(C)c(=O)c2c1C. The Hall–Kier alpha value is -2.67. The Morgan fingerprint density at radius 3 is 2.79 bits per heavy atom. The van der Waals surface area contributed by atoms with Crippen molar-refractivity contribution >= 4 is 33.1 Å². The molecule has 2 heterocycles. The first-order chi connectivity index (χ1) is 11.4. The third-order valence-electron chi connectivity index (χ3n) is 3.82. The Labute approximate surface area is 142 Å². The lowest BCUT2D eigenvalue weighted by atomic mass is 10.2. The second-order valence-electron chi connectivity index (χ2n) is 5.55. The molecule has 0 radical (unpaired) electrons. The lowest BCUT2D eigenvalue weighted by molar-refractivity contribution is 0.102. The van der Waals surface area contributed by atoms with Gasteiger partial charge in [-0.3, -0.25) is 9.59 Å². The predicted molar refractivity (Wildman–Crippen MR) is 95.3 cm³/mol. The summed E-state index contributed by atoms with van der Waals surface area (Å²) in [5.74, 6) is 0.309. The fourth-order valence-electron chi connectivity index (χ4n) is 2.52. The molecule has 0 fully saturated rings. The number of rotatable bonds is 3. The standard InChI is InChI=1S/C17H17N3O3S/c1-9-5-6-12(23-4)11(7-9)19-15(21)14-10(2)13-16(24-14)18-8-20(3)17(13)22/h5-8H,1-4H3,(H,19,21). The van der Waals surface area contributed by atoms with Crippen molar-refractivity contribution in [1.82, 2.24) is 9.55 Å². The third-order valence-corrected chi connectivity index (χ3v) is 5.02. The van der Waals surface area contributed by atoms with Gasteiger partial charge in [-0.05, 0) is 37.1 Å². The number of methoxy groups -OCH3 is 1. The molecule has 0 unspecified atom stereocenters. The van der Waals surface area contributed by atoms with Crippen molar-refractivity contribution in [3.8, 4) is 5.75 Å². The Morgan fingerprint density at radius 2 is 2.08 bits per heavy atom. The number of thiophene rings is 1. The van der Waals surface area contributed by atoms with Crippen LogP contribution < -0.4 is 15.6 Å². The van der Waals surface area contributed by atoms with Crippen LogP contribution in [0.3, 0.4) is 0 Å². The molecule has 24 heavy (non-hydrogen) atoms. The van der Waals surface area contributed by atoms with Gasteiger partial charge in [0.05, 0.1) is 29.4 Å². The molecule has 0 saturated carbocycles. The zero-order valence-corrected chi connectivity index (χ0v) is 14.7. The Kier molecular flexibility index (Phi) is 4.11. The molecule has 3 rings (SSSR count). The highest BCUT2D eigenvalue weighted by molar-refractivity contribution is 7.20. The van der Waals surface area contributed by atoms with Crippen molar-refractivity contribution in [1.29, 1.82) is 0 Å². The second-order valence-corrected chi connectivity index (χ2v) is 6.55. The van der Waals surface area contributed by atoms with Crippen LogP contribution in [0.25, 0.3) is 10.2 Å². The Bertz CT molecular complexity index is 1000. The number of carbonyl (C=O) groups excluding carboxylic acids is 1. The second kappa shape index (κ2) is 6.09. The molecule has 3 aromatic rings. The van der Waals surface area contributed by atoms with E-state index in [1.807, 2.05) is 19.1 Å². The number of carbonyl (C=O) groups is 1. The highest BCUT2D eigenvalue weighted by Gasteiger charge is 2.20. The van der Waals surface area contributed by atoms with E-state index in [2.05, 4.69) is 10.3 Å². The zero-order chi connectivity index (χ0) is 17.4. The smallest absolute Gasteiger partial charge is 0.266 e. The van der Waals surface area contributed by atoms with Gasteiger partial charge in [-0.15, -0.1) is 11.3 Å². The number of aryl methyl sites for hydroxylation is 3. The van der Waals surface area contributed by atoms with Crippen LogP contribution in [0.1, 0.15) is 20.8 Å². The number of hydrogen-bond donors (Lipinski definition) is 1. The lowest BCUT2D eigenvalue weighted by Gasteiger charge is -2.10. The van der Waals surface area contributed by atoms with Crippen molar-refractivity contribution < 1.29 is 9.53 Å². The first-order valence-electron chi connectivity index (χ1n) is 7.33. The highest BCUT2D eigenvalue weighted by atomic mass is 32.1. The Balaban J connectivity index is 2.04. The van der Waals surface area contributed by atoms with Gasteiger partial charge in [0.25, 0.3) is 11.5 Å². The topological polar surface area (TPSA) is 73.2 Å². The van der Waals surface area contributed by atoms with E-state index in [9.17, 15) is 9.59 Å². The van der Waals surface area contributed by atoms with E-state index in [1.165, 1.54) is 22.2 Å². The number of benzene rings is 1. The van der Waals surface area contributed by atoms with Crippen LogP contribution in [-0.2, 0) is 7.05 Å². The molecule has 1 aromatic carbocycles. The molecule has 2 aromatic heterocycles. The molecule has 0 aliphatic rings. The summed E-state index contributed by atoms with van der Waals surface area (Å²) in [6.45, 7) is 3.71. The summed E-state index contributed by atoms with van der Waals surface area (Å²) in [7, 11) is 3.20. The van der Waals surface area contributed by atoms with Gasteiger partial charge in [0.1, 0.15) is 10.6 Å². The molecule has 0 atom stereocenters. The minimum absolute atomic E-state index is 0.152. The van der Waals surface area contributed by atoms with Crippen LogP contribution in [-0.4, -0.2) is 22.6 Å². The first-order valence-corrected chi connectivity index (χ1v) is 8.14. The molecule has 0 bridgehead atoms. The van der Waals surface area contributed by atoms with E-state index < -0.39 is 0 Å². The number of fused-ring (bicyclic) bond motifs is 1. The van der Waals surface area contributed by atoms with E-state index in [0.717, 1.165) is 5.56 Å². The number of anilines is 1. The summed E-state index contributed by atoms with van der Waals surface area (Å²) < 4.78 is 6.69. The average molecular weight is 343 g/mol. The lowest BCUT2D eigenvalue weighted by Crippen LogP contribution is -2.17. The molecule has 0 saturated heterocycles. The number of nitrogens with one attached hydrogen (secondary N) is 1. The number of amides is 1. The molecular formula is C17H17N3O3S. The van der Waals surface area contributed by atoms with Gasteiger partial charge in [0.15, 0.2) is 0 Å². The maximum absolute atomic E-state index is 12.7. The third kappa shape index (κ3) is 2.67. The summed E-state index contributed by atoms with van der Waals surface area (Å²) >= 11 is 1.21. The highest BCUT2D eigenvalue weighted by Crippen LogP contribution is 2.30. The summed E-state index contributed by atoms with van der Waals surface area (Å²) in [6.07, 6.45) is 1.46. The fraction of sp³-hybridized carbons (Fsp3) is 0.235. The van der Waals surface area contributed by atoms with E-state index in [0.29, 0.717) is 32.1 Å². The summed E-state index contributed by atoms with van der Waals surface area (Å²) in [4.78, 5) is 30.2. The molecule has 1 amide bonds. The first kappa shape index (κ1) is 16.2. The van der Waals surface area contributed by atoms with Crippen molar-refractivity contribution in [2.24, 2.45) is 7.05 Å². The molecule has 1 N–H and O–H groups in total. The number of aromatic nitrogens is 2. The minimum Gasteiger partial charge on any atom is -0.495 e. The molecule has 7 heteroatoms. The van der Waals surface area contributed by atoms with Crippen molar-refractivity contribution in [3.05, 3.63) is 50.9 Å². The zero-order valence-electron chi connectivity index (χ0n) is 13.8. The van der Waals surface area contributed by atoms with Crippen LogP contribution >= 0.6 is 11.3 Å². The van der Waals surface area contributed by atoms with Gasteiger partial charge < -0.3 is 14.6 Å². The van der Waals surface area contributed by atoms with Gasteiger partial charge in [0.2, 0.25) is 0 Å². The van der Waals surface area contributed by atoms with Gasteiger partial charge in [0, 0.05) is 7.05 Å². The quantitative estimate of drug-likeness (QED) is 0.794. The molecule has 0 aliphatic carbocycles. The molecular weight excluding hydrogens is 326 g/mol. The Morgan fingerprint density at radius 1 is 1.33 bits per heavy atom. The van der Waals surface area contributed by atoms with Crippen LogP contribution in [0.5, 0.6) is 5.75 Å². The van der Waals surface area contributed by atoms with Crippen LogP contribution in [0.2, 0.25) is 0 Å². The van der Waals surface area contributed by atoms with E-state index in [1.54, 1.807) is 27.1 Å². The van der Waals surface area contributed by atoms with Crippen molar-refractivity contribution in [3.63, 3.8) is 0 Å². The summed E-state index contributed by atoms with van der Waals surface area (Å²) in [6, 6.07) is 5.56. The van der Waals surface area contributed by atoms with Gasteiger partial charge in [-0.1, -0.05) is 6.07 Å². The van der Waals surface area contributed by atoms with Gasteiger partial charge in [-0.2, -0.15) is 0 Å². The van der Waals surface area contributed by atoms with Crippen LogP contribution in [0, 0.1) is 13.8 Å². The predicted octanol–water partition coefficient (Wildman–Crippen LogP) is 2.87. The molecule has 6 nitrogen and oxygen atoms in total. The van der Waals surface area contributed by atoms with Crippen LogP contribution in [0.15, 0.2) is 29.3 Å². The number of nitrogens with zero attached hydrogens (tertiary/aromatic N) is 2. The minimum atomic E-state index is -0.276. The summed E-state index contributed by atoms with van der Waals surface area (Å²) in [5.41, 5.74) is 2.10. The molecule has 0 aliphatic heterocycles. The maximum Gasteiger partial charge on any atom is 0.266 e. The monoisotopic (exact) mass is 343 g/mol. The van der Waals surface area contributed by atoms with Crippen LogP contribution in [0.4, 0.5) is 5.69 Å². The van der Waals surface area contributed by atoms with E-state index in [4.69, 9.17) is 4.74 Å². The maximum atomic E-state index is 12.7. The van der Waals surface area contributed by atoms with Gasteiger partial charge >= 0.3 is 0 Å². The van der Waals surface area contributed by atoms with E-state index >= 15 is 0 Å². The van der Waals surface area contributed by atoms with E-state index in [-0.39, 0.29) is 11.5 Å². The summed E-state index contributed by atoms with van der Waals surface area (Å²) in [5, 5.41) is 3.36. The van der Waals surface area contributed by atoms with Crippen molar-refractivity contribution in [2.75, 3.05) is 12.4 Å².